The van der Waals surface area contributed by atoms with Gasteiger partial charge in [-0.1, -0.05) is 0 Å². The van der Waals surface area contributed by atoms with E-state index in [1.165, 1.54) is 0 Å². The summed E-state index contributed by atoms with van der Waals surface area (Å²) < 4.78 is 0. The quantitative estimate of drug-likeness (QED) is 0.379. The number of nitrogens with two attached hydrogens (primary N) is 1. The maximum atomic E-state index is 9.99. The van der Waals surface area contributed by atoms with E-state index in [2.05, 4.69) is 5.73 Å². The van der Waals surface area contributed by atoms with Gasteiger partial charge in [-0.2, -0.15) is 0 Å². The minimum atomic E-state index is -2.14. The molecule has 2 unspecified atom stereocenters. The van der Waals surface area contributed by atoms with Crippen molar-refractivity contribution in [1.29, 1.82) is 0 Å². The van der Waals surface area contributed by atoms with Crippen molar-refractivity contribution in [2.45, 2.75) is 12.2 Å². The van der Waals surface area contributed by atoms with E-state index >= 15 is 0 Å². The van der Waals surface area contributed by atoms with Crippen molar-refractivity contribution in [3.63, 3.8) is 0 Å². The Bertz CT molecular complexity index is 143. The summed E-state index contributed by atoms with van der Waals surface area (Å²) in [5.41, 5.74) is 4.46. The number of primary amides is 1. The molecule has 0 fully saturated rings. The van der Waals surface area contributed by atoms with E-state index in [1.807, 2.05) is 0 Å². The average Bonchev–Trinajstić information content (AvgIpc) is 1.84. The number of hydrogen-bond donors (Lipinski definition) is 4. The third-order valence-electron chi connectivity index (χ3n) is 0.844. The summed E-state index contributed by atoms with van der Waals surface area (Å²) in [6.45, 7) is 0. The van der Waals surface area contributed by atoms with Gasteiger partial charge in [-0.05, 0) is 0 Å². The molecule has 0 heterocycles. The van der Waals surface area contributed by atoms with Crippen LogP contribution in [-0.2, 0) is 26.7 Å². The number of hydrogen-bond acceptors (Lipinski definition) is 4. The number of carboxylic acid groups (broad SMARTS) is 1. The standard InChI is InChI=1S/C4H7NO5.Cu/c5-3(8)1(6)2(7)4(9)10;/h1-2,6-7H,(H2,5,8)(H,9,10);. The molecule has 11 heavy (non-hydrogen) atoms. The van der Waals surface area contributed by atoms with Gasteiger partial charge in [-0.25, -0.2) is 4.79 Å². The molecule has 0 aromatic heterocycles. The van der Waals surface area contributed by atoms with Gasteiger partial charge in [0.2, 0.25) is 5.91 Å². The minimum Gasteiger partial charge on any atom is -0.479 e. The summed E-state index contributed by atoms with van der Waals surface area (Å²) >= 11 is 0. The number of carboxylic acids is 1. The van der Waals surface area contributed by atoms with Gasteiger partial charge in [0.25, 0.3) is 0 Å². The summed E-state index contributed by atoms with van der Waals surface area (Å²) in [6.07, 6.45) is -4.19. The topological polar surface area (TPSA) is 121 Å². The van der Waals surface area contributed by atoms with E-state index in [-0.39, 0.29) is 17.1 Å². The Hall–Kier alpha value is -0.621. The van der Waals surface area contributed by atoms with E-state index < -0.39 is 24.1 Å². The molecule has 0 aliphatic rings. The average molecular weight is 213 g/mol. The molecule has 1 amide bonds. The molecule has 0 saturated carbocycles. The van der Waals surface area contributed by atoms with Crippen LogP contribution < -0.4 is 5.73 Å². The fourth-order valence-electron chi connectivity index (χ4n) is 0.291. The third-order valence-corrected chi connectivity index (χ3v) is 0.844. The van der Waals surface area contributed by atoms with E-state index in [0.717, 1.165) is 0 Å². The Morgan fingerprint density at radius 3 is 1.64 bits per heavy atom. The second kappa shape index (κ2) is 5.09. The zero-order valence-electron chi connectivity index (χ0n) is 5.19. The summed E-state index contributed by atoms with van der Waals surface area (Å²) in [5, 5.41) is 24.9. The molecule has 0 saturated heterocycles. The van der Waals surface area contributed by atoms with Crippen LogP contribution in [0.25, 0.3) is 0 Å². The van der Waals surface area contributed by atoms with Crippen LogP contribution >= 0.6 is 0 Å². The molecule has 0 bridgehead atoms. The number of amides is 1. The summed E-state index contributed by atoms with van der Waals surface area (Å²) in [5.74, 6) is -2.96. The molecule has 0 aliphatic carbocycles. The summed E-state index contributed by atoms with van der Waals surface area (Å²) in [6, 6.07) is 0. The summed E-state index contributed by atoms with van der Waals surface area (Å²) in [7, 11) is 0. The molecule has 1 radical (unpaired) electrons. The molecule has 7 heteroatoms. The Morgan fingerprint density at radius 2 is 1.55 bits per heavy atom. The second-order valence-corrected chi connectivity index (χ2v) is 1.63. The van der Waals surface area contributed by atoms with Gasteiger partial charge in [0.15, 0.2) is 12.2 Å². The zero-order chi connectivity index (χ0) is 8.31. The van der Waals surface area contributed by atoms with Gasteiger partial charge in [0.05, 0.1) is 0 Å². The predicted octanol–water partition coefficient (Wildman–Crippen LogP) is -2.72. The van der Waals surface area contributed by atoms with Crippen LogP contribution in [-0.4, -0.2) is 39.4 Å². The van der Waals surface area contributed by atoms with Crippen molar-refractivity contribution < 1.29 is 42.0 Å². The molecule has 6 nitrogen and oxygen atoms in total. The van der Waals surface area contributed by atoms with Crippen LogP contribution in [0.3, 0.4) is 0 Å². The number of carbonyl (C=O) groups excluding carboxylic acids is 1. The fraction of sp³-hybridized carbons (Fsp3) is 0.500. The number of carbonyl (C=O) groups is 2. The molecule has 0 aromatic carbocycles. The number of aliphatic hydroxyl groups excluding tert-OH is 2. The van der Waals surface area contributed by atoms with Gasteiger partial charge in [-0.15, -0.1) is 0 Å². The molecule has 0 spiro atoms. The van der Waals surface area contributed by atoms with Crippen LogP contribution in [0.5, 0.6) is 0 Å². The monoisotopic (exact) mass is 212 g/mol. The maximum Gasteiger partial charge on any atom is 0.335 e. The Labute approximate surface area is 72.5 Å². The Balaban J connectivity index is 0. The Kier molecular flexibility index (Phi) is 6.01. The van der Waals surface area contributed by atoms with Crippen LogP contribution in [0.15, 0.2) is 0 Å². The van der Waals surface area contributed by atoms with E-state index in [4.69, 9.17) is 15.3 Å². The normalized spacial score (nSPS) is 14.4. The van der Waals surface area contributed by atoms with Crippen LogP contribution in [0, 0.1) is 0 Å². The molecule has 69 valence electrons. The second-order valence-electron chi connectivity index (χ2n) is 1.63. The first-order valence-corrected chi connectivity index (χ1v) is 2.35. The van der Waals surface area contributed by atoms with Crippen molar-refractivity contribution in [2.75, 3.05) is 0 Å². The van der Waals surface area contributed by atoms with Crippen molar-refractivity contribution >= 4 is 11.9 Å². The third kappa shape index (κ3) is 3.94. The molecule has 0 rings (SSSR count). The number of aliphatic carboxylic acids is 1. The van der Waals surface area contributed by atoms with Crippen LogP contribution in [0.4, 0.5) is 0 Å². The molecule has 2 atom stereocenters. The first kappa shape index (κ1) is 13.0. The first-order chi connectivity index (χ1) is 4.46. The molecule has 5 N–H and O–H groups in total. The van der Waals surface area contributed by atoms with Crippen molar-refractivity contribution in [1.82, 2.24) is 0 Å². The summed E-state index contributed by atoms with van der Waals surface area (Å²) in [4.78, 5) is 19.8. The first-order valence-electron chi connectivity index (χ1n) is 2.35. The number of rotatable bonds is 3. The van der Waals surface area contributed by atoms with E-state index in [1.54, 1.807) is 0 Å². The van der Waals surface area contributed by atoms with E-state index in [9.17, 15) is 9.59 Å². The largest absolute Gasteiger partial charge is 0.479 e. The molecular formula is C4H7CuNO5. The fourth-order valence-corrected chi connectivity index (χ4v) is 0.291. The van der Waals surface area contributed by atoms with Gasteiger partial charge in [-0.3, -0.25) is 4.79 Å². The molecule has 0 aromatic rings. The maximum absolute atomic E-state index is 9.99. The molecule has 0 aliphatic heterocycles. The smallest absolute Gasteiger partial charge is 0.335 e. The van der Waals surface area contributed by atoms with Gasteiger partial charge in [0, 0.05) is 17.1 Å². The van der Waals surface area contributed by atoms with Crippen molar-refractivity contribution in [3.8, 4) is 0 Å². The van der Waals surface area contributed by atoms with Crippen molar-refractivity contribution in [3.05, 3.63) is 0 Å². The minimum absolute atomic E-state index is 0. The number of aliphatic hydroxyl groups is 2. The predicted molar refractivity (Wildman–Crippen MR) is 28.8 cm³/mol. The van der Waals surface area contributed by atoms with Crippen LogP contribution in [0.1, 0.15) is 0 Å². The molecular weight excluding hydrogens is 206 g/mol. The van der Waals surface area contributed by atoms with Gasteiger partial charge < -0.3 is 21.1 Å². The Morgan fingerprint density at radius 1 is 1.18 bits per heavy atom. The van der Waals surface area contributed by atoms with Crippen LogP contribution in [0.2, 0.25) is 0 Å². The zero-order valence-corrected chi connectivity index (χ0v) is 6.13. The van der Waals surface area contributed by atoms with E-state index in [0.29, 0.717) is 0 Å². The van der Waals surface area contributed by atoms with Gasteiger partial charge >= 0.3 is 5.97 Å². The van der Waals surface area contributed by atoms with Gasteiger partial charge in [0.1, 0.15) is 0 Å². The SMILES string of the molecule is NC(=O)C(O)C(O)C(=O)O.[Cu]. The van der Waals surface area contributed by atoms with Crippen molar-refractivity contribution in [2.24, 2.45) is 5.73 Å².